The molecule has 1 amide bonds. The Balaban J connectivity index is 1.59. The Morgan fingerprint density at radius 1 is 1.13 bits per heavy atom. The van der Waals surface area contributed by atoms with E-state index in [1.165, 1.54) is 12.1 Å². The maximum atomic E-state index is 12.9. The summed E-state index contributed by atoms with van der Waals surface area (Å²) < 4.78 is 18.1. The SMILES string of the molecule is CCOC(=O)c1sc(NC(=O)CCCSc2ccc(F)cc2)nc1-c1ccccc1. The van der Waals surface area contributed by atoms with E-state index in [9.17, 15) is 14.0 Å². The van der Waals surface area contributed by atoms with Gasteiger partial charge in [-0.3, -0.25) is 4.79 Å². The fraction of sp³-hybridized carbons (Fsp3) is 0.227. The molecule has 0 spiro atoms. The number of halogens is 1. The molecule has 3 aromatic rings. The second kappa shape index (κ2) is 10.9. The predicted octanol–water partition coefficient (Wildman–Crippen LogP) is 5.64. The van der Waals surface area contributed by atoms with Crippen molar-refractivity contribution in [1.82, 2.24) is 4.98 Å². The standard InChI is InChI=1S/C22H21FN2O3S2/c1-2-28-21(27)20-19(15-7-4-3-5-8-15)25-22(30-20)24-18(26)9-6-14-29-17-12-10-16(23)11-13-17/h3-5,7-8,10-13H,2,6,9,14H2,1H3,(H,24,25,26). The molecular formula is C22H21FN2O3S2. The minimum atomic E-state index is -0.454. The highest BCUT2D eigenvalue weighted by Gasteiger charge is 2.21. The largest absolute Gasteiger partial charge is 0.462 e. The molecule has 3 rings (SSSR count). The highest BCUT2D eigenvalue weighted by atomic mass is 32.2. The maximum absolute atomic E-state index is 12.9. The van der Waals surface area contributed by atoms with Gasteiger partial charge in [0.1, 0.15) is 10.7 Å². The van der Waals surface area contributed by atoms with Crippen LogP contribution in [0.3, 0.4) is 0 Å². The maximum Gasteiger partial charge on any atom is 0.350 e. The monoisotopic (exact) mass is 444 g/mol. The van der Waals surface area contributed by atoms with Crippen LogP contribution in [0.15, 0.2) is 59.5 Å². The van der Waals surface area contributed by atoms with Crippen LogP contribution in [-0.4, -0.2) is 29.2 Å². The molecule has 1 N–H and O–H groups in total. The van der Waals surface area contributed by atoms with Crippen molar-refractivity contribution in [1.29, 1.82) is 0 Å². The summed E-state index contributed by atoms with van der Waals surface area (Å²) in [7, 11) is 0. The van der Waals surface area contributed by atoms with Crippen LogP contribution in [0.25, 0.3) is 11.3 Å². The number of anilines is 1. The molecule has 8 heteroatoms. The van der Waals surface area contributed by atoms with Gasteiger partial charge in [0.25, 0.3) is 0 Å². The molecule has 1 heterocycles. The molecule has 0 aliphatic heterocycles. The van der Waals surface area contributed by atoms with Crippen molar-refractivity contribution in [2.75, 3.05) is 17.7 Å². The predicted molar refractivity (Wildman–Crippen MR) is 118 cm³/mol. The van der Waals surface area contributed by atoms with E-state index in [2.05, 4.69) is 10.3 Å². The highest BCUT2D eigenvalue weighted by molar-refractivity contribution is 7.99. The molecule has 30 heavy (non-hydrogen) atoms. The number of benzene rings is 2. The topological polar surface area (TPSA) is 68.3 Å². The van der Waals surface area contributed by atoms with Crippen molar-refractivity contribution in [3.63, 3.8) is 0 Å². The number of hydrogen-bond acceptors (Lipinski definition) is 6. The zero-order valence-corrected chi connectivity index (χ0v) is 18.0. The number of ether oxygens (including phenoxy) is 1. The Labute approximate surface area is 182 Å². The van der Waals surface area contributed by atoms with Crippen LogP contribution < -0.4 is 5.32 Å². The van der Waals surface area contributed by atoms with Gasteiger partial charge in [-0.1, -0.05) is 41.7 Å². The molecule has 0 saturated heterocycles. The van der Waals surface area contributed by atoms with Crippen LogP contribution >= 0.6 is 23.1 Å². The van der Waals surface area contributed by atoms with Crippen LogP contribution in [0.1, 0.15) is 29.4 Å². The number of carbonyl (C=O) groups is 2. The van der Waals surface area contributed by atoms with Crippen LogP contribution in [0.5, 0.6) is 0 Å². The van der Waals surface area contributed by atoms with Crippen LogP contribution in [0.4, 0.5) is 9.52 Å². The minimum absolute atomic E-state index is 0.168. The first-order chi connectivity index (χ1) is 14.6. The van der Waals surface area contributed by atoms with Gasteiger partial charge in [-0.15, -0.1) is 11.8 Å². The smallest absolute Gasteiger partial charge is 0.350 e. The van der Waals surface area contributed by atoms with E-state index in [-0.39, 0.29) is 18.3 Å². The van der Waals surface area contributed by atoms with E-state index < -0.39 is 5.97 Å². The summed E-state index contributed by atoms with van der Waals surface area (Å²) in [6.07, 6.45) is 0.985. The lowest BCUT2D eigenvalue weighted by Crippen LogP contribution is -2.11. The summed E-state index contributed by atoms with van der Waals surface area (Å²) in [4.78, 5) is 30.4. The normalized spacial score (nSPS) is 10.6. The number of aromatic nitrogens is 1. The molecule has 0 bridgehead atoms. The van der Waals surface area contributed by atoms with Gasteiger partial charge in [-0.05, 0) is 43.4 Å². The summed E-state index contributed by atoms with van der Waals surface area (Å²) in [6, 6.07) is 15.6. The number of thiazole rings is 1. The molecule has 156 valence electrons. The fourth-order valence-corrected chi connectivity index (χ4v) is 4.39. The van der Waals surface area contributed by atoms with E-state index >= 15 is 0 Å². The lowest BCUT2D eigenvalue weighted by Gasteiger charge is -2.03. The van der Waals surface area contributed by atoms with Crippen molar-refractivity contribution < 1.29 is 18.7 Å². The molecule has 5 nitrogen and oxygen atoms in total. The van der Waals surface area contributed by atoms with Crippen molar-refractivity contribution in [2.24, 2.45) is 0 Å². The van der Waals surface area contributed by atoms with Crippen molar-refractivity contribution in [3.8, 4) is 11.3 Å². The molecule has 0 aliphatic carbocycles. The first-order valence-electron chi connectivity index (χ1n) is 9.48. The average Bonchev–Trinajstić information content (AvgIpc) is 3.17. The second-order valence-corrected chi connectivity index (χ2v) is 8.40. The van der Waals surface area contributed by atoms with Crippen molar-refractivity contribution >= 4 is 40.1 Å². The number of carbonyl (C=O) groups excluding carboxylic acids is 2. The average molecular weight is 445 g/mol. The van der Waals surface area contributed by atoms with Crippen LogP contribution in [0, 0.1) is 5.82 Å². The number of nitrogens with zero attached hydrogens (tertiary/aromatic N) is 1. The van der Waals surface area contributed by atoms with E-state index in [1.807, 2.05) is 30.3 Å². The Morgan fingerprint density at radius 2 is 1.87 bits per heavy atom. The molecule has 0 aliphatic rings. The van der Waals surface area contributed by atoms with Gasteiger partial charge >= 0.3 is 5.97 Å². The summed E-state index contributed by atoms with van der Waals surface area (Å²) in [5.41, 5.74) is 1.29. The molecule has 0 fully saturated rings. The number of rotatable bonds is 9. The molecule has 0 unspecified atom stereocenters. The van der Waals surface area contributed by atoms with Gasteiger partial charge < -0.3 is 10.1 Å². The summed E-state index contributed by atoms with van der Waals surface area (Å²) in [6.45, 7) is 2.01. The highest BCUT2D eigenvalue weighted by Crippen LogP contribution is 2.32. The Kier molecular flexibility index (Phi) is 7.98. The fourth-order valence-electron chi connectivity index (χ4n) is 2.64. The molecule has 0 saturated carbocycles. The number of thioether (sulfide) groups is 1. The molecule has 2 aromatic carbocycles. The van der Waals surface area contributed by atoms with Gasteiger partial charge in [0.05, 0.1) is 12.3 Å². The summed E-state index contributed by atoms with van der Waals surface area (Å²) >= 11 is 2.68. The third kappa shape index (κ3) is 6.14. The third-order valence-electron chi connectivity index (χ3n) is 4.01. The molecule has 0 radical (unpaired) electrons. The lowest BCUT2D eigenvalue weighted by molar-refractivity contribution is -0.116. The number of esters is 1. The van der Waals surface area contributed by atoms with Crippen molar-refractivity contribution in [2.45, 2.75) is 24.7 Å². The summed E-state index contributed by atoms with van der Waals surface area (Å²) in [5.74, 6) is -0.150. The van der Waals surface area contributed by atoms with Gasteiger partial charge in [-0.2, -0.15) is 0 Å². The third-order valence-corrected chi connectivity index (χ3v) is 6.06. The Bertz CT molecular complexity index is 991. The summed E-state index contributed by atoms with van der Waals surface area (Å²) in [5, 5.41) is 3.15. The van der Waals surface area contributed by atoms with E-state index in [4.69, 9.17) is 4.74 Å². The van der Waals surface area contributed by atoms with Gasteiger partial charge in [0, 0.05) is 16.9 Å². The first-order valence-corrected chi connectivity index (χ1v) is 11.3. The first kappa shape index (κ1) is 22.0. The zero-order valence-electron chi connectivity index (χ0n) is 16.4. The van der Waals surface area contributed by atoms with Gasteiger partial charge in [0.2, 0.25) is 5.91 Å². The van der Waals surface area contributed by atoms with E-state index in [0.29, 0.717) is 28.5 Å². The lowest BCUT2D eigenvalue weighted by atomic mass is 10.1. The van der Waals surface area contributed by atoms with Gasteiger partial charge in [-0.25, -0.2) is 14.2 Å². The zero-order chi connectivity index (χ0) is 21.3. The Hall–Kier alpha value is -2.71. The second-order valence-electron chi connectivity index (χ2n) is 6.24. The number of nitrogens with one attached hydrogen (secondary N) is 1. The molecule has 1 aromatic heterocycles. The minimum Gasteiger partial charge on any atom is -0.462 e. The van der Waals surface area contributed by atoms with E-state index in [1.54, 1.807) is 30.8 Å². The van der Waals surface area contributed by atoms with Crippen molar-refractivity contribution in [3.05, 3.63) is 65.3 Å². The van der Waals surface area contributed by atoms with Crippen LogP contribution in [-0.2, 0) is 9.53 Å². The quantitative estimate of drug-likeness (QED) is 0.263. The molecule has 0 atom stereocenters. The van der Waals surface area contributed by atoms with Gasteiger partial charge in [0.15, 0.2) is 5.13 Å². The number of hydrogen-bond donors (Lipinski definition) is 1. The number of amides is 1. The van der Waals surface area contributed by atoms with Crippen LogP contribution in [0.2, 0.25) is 0 Å². The molecular weight excluding hydrogens is 423 g/mol. The van der Waals surface area contributed by atoms with E-state index in [0.717, 1.165) is 27.5 Å². The Morgan fingerprint density at radius 3 is 2.57 bits per heavy atom.